The van der Waals surface area contributed by atoms with Crippen LogP contribution in [0, 0.1) is 0 Å². The maximum atomic E-state index is 14.6. The average molecular weight is 1260 g/mol. The number of aliphatic hydroxyl groups excluding tert-OH is 3. The monoisotopic (exact) mass is 1250 g/mol. The summed E-state index contributed by atoms with van der Waals surface area (Å²) in [7, 11) is 0. The molecule has 1 aromatic heterocycles. The van der Waals surface area contributed by atoms with Gasteiger partial charge in [0.15, 0.2) is 0 Å². The minimum absolute atomic E-state index is 0.00503. The fourth-order valence-corrected chi connectivity index (χ4v) is 9.28. The van der Waals surface area contributed by atoms with Crippen LogP contribution in [-0.4, -0.2) is 197 Å². The van der Waals surface area contributed by atoms with E-state index in [9.17, 15) is 83.7 Å². The van der Waals surface area contributed by atoms with Gasteiger partial charge in [0.25, 0.3) is 0 Å². The summed E-state index contributed by atoms with van der Waals surface area (Å²) in [6.45, 7) is -1.56. The van der Waals surface area contributed by atoms with Crippen molar-refractivity contribution in [2.75, 3.05) is 31.8 Å². The lowest BCUT2D eigenvalue weighted by atomic mass is 10.0. The maximum Gasteiger partial charge on any atom is 0.326 e. The van der Waals surface area contributed by atoms with Gasteiger partial charge in [0.2, 0.25) is 53.2 Å². The standard InChI is InChI=1S/C59H74N12O17S/c1-32(74)50(71-55(83)45(22-33-6-4-3-5-7-33)67-56(84)47(29-72)69-52(80)42(63-49(78)27-60)23-34-8-14-38(75)15-9-34)58(86)70-48(30-73)57(85)66-44(25-36-12-18-40(77)19-13-36)54(82)65-43(24-35-10-16-39(76)17-11-35)53(81)64-41(20-21-89-2)51(79)68-46(59(87)88)26-37-28-61-31-62-37/h3-19,28,31-32,41-48,50,72-77H,20-27,29-30,60H2,1-2H3,(H,61,62)(H,63,78)(H,64,81)(H,65,82)(H,66,85)(H,67,84)(H,68,79)(H,69,80)(H,70,86)(H,71,83)(H,87,88)/t32-,41+,42+,43+,44+,45+,46+,47+,48+,50+/m1/s1. The first-order valence-electron chi connectivity index (χ1n) is 27.9. The van der Waals surface area contributed by atoms with Crippen LogP contribution in [0.2, 0.25) is 0 Å². The second-order valence-electron chi connectivity index (χ2n) is 20.5. The van der Waals surface area contributed by atoms with Gasteiger partial charge in [-0.1, -0.05) is 66.7 Å². The minimum Gasteiger partial charge on any atom is -0.508 e. The molecule has 30 heteroatoms. The molecule has 4 aromatic carbocycles. The lowest BCUT2D eigenvalue weighted by Gasteiger charge is -2.28. The number of aliphatic carboxylic acids is 1. The minimum atomic E-state index is -1.93. The van der Waals surface area contributed by atoms with E-state index < -0.39 is 139 Å². The molecule has 10 atom stereocenters. The molecule has 0 radical (unpaired) electrons. The Bertz CT molecular complexity index is 3160. The van der Waals surface area contributed by atoms with Gasteiger partial charge in [-0.3, -0.25) is 43.2 Å². The highest BCUT2D eigenvalue weighted by atomic mass is 32.2. The summed E-state index contributed by atoms with van der Waals surface area (Å²) in [5.41, 5.74) is 7.57. The molecule has 0 fully saturated rings. The Labute approximate surface area is 514 Å². The van der Waals surface area contributed by atoms with Gasteiger partial charge in [-0.05, 0) is 84.0 Å². The van der Waals surface area contributed by atoms with Crippen LogP contribution in [0.15, 0.2) is 116 Å². The lowest BCUT2D eigenvalue weighted by Crippen LogP contribution is -2.63. The van der Waals surface area contributed by atoms with Gasteiger partial charge in [0, 0.05) is 44.0 Å². The summed E-state index contributed by atoms with van der Waals surface area (Å²) in [5, 5.41) is 93.6. The molecule has 5 aromatic rings. The van der Waals surface area contributed by atoms with Crippen molar-refractivity contribution in [3.05, 3.63) is 144 Å². The summed E-state index contributed by atoms with van der Waals surface area (Å²) >= 11 is 1.33. The van der Waals surface area contributed by atoms with E-state index in [0.717, 1.165) is 6.92 Å². The Balaban J connectivity index is 1.36. The van der Waals surface area contributed by atoms with Gasteiger partial charge in [-0.2, -0.15) is 11.8 Å². The molecular formula is C59H74N12O17S. The van der Waals surface area contributed by atoms with Gasteiger partial charge in [0.1, 0.15) is 71.6 Å². The SMILES string of the molecule is CSCC[C@H](NC(=O)[C@H](Cc1ccc(O)cc1)NC(=O)[C@H](Cc1ccc(O)cc1)NC(=O)[C@H](CO)NC(=O)[C@@H](NC(=O)[C@H](Cc1ccccc1)NC(=O)[C@H](CO)NC(=O)[C@H](Cc1ccc(O)cc1)NC(=O)CN)[C@@H](C)O)C(=O)N[C@@H](Cc1cnc[nH]1)C(=O)O. The number of hydrogen-bond acceptors (Lipinski definition) is 19. The number of aromatic amines is 1. The number of nitrogens with one attached hydrogen (secondary N) is 10. The second kappa shape index (κ2) is 35.3. The van der Waals surface area contributed by atoms with E-state index in [0.29, 0.717) is 33.7 Å². The molecule has 9 amide bonds. The van der Waals surface area contributed by atoms with Crippen LogP contribution in [0.1, 0.15) is 41.3 Å². The molecule has 0 aliphatic rings. The van der Waals surface area contributed by atoms with Crippen LogP contribution >= 0.6 is 11.8 Å². The number of H-pyrrole nitrogens is 1. The van der Waals surface area contributed by atoms with Crippen molar-refractivity contribution in [1.29, 1.82) is 0 Å². The molecule has 0 aliphatic heterocycles. The molecule has 0 spiro atoms. The number of imidazole rings is 1. The Kier molecular flexibility index (Phi) is 27.8. The molecular weight excluding hydrogens is 1180 g/mol. The van der Waals surface area contributed by atoms with Gasteiger partial charge in [0.05, 0.1) is 32.2 Å². The number of thioether (sulfide) groups is 1. The van der Waals surface area contributed by atoms with E-state index in [-0.39, 0.29) is 55.8 Å². The number of hydrogen-bond donors (Lipinski definition) is 18. The third kappa shape index (κ3) is 22.9. The van der Waals surface area contributed by atoms with Crippen LogP contribution in [0.4, 0.5) is 0 Å². The predicted octanol–water partition coefficient (Wildman–Crippen LogP) is -3.44. The fraction of sp³-hybridized carbons (Fsp3) is 0.373. The Morgan fingerprint density at radius 1 is 0.483 bits per heavy atom. The normalized spacial score (nSPS) is 14.4. The summed E-state index contributed by atoms with van der Waals surface area (Å²) in [4.78, 5) is 144. The molecule has 19 N–H and O–H groups in total. The number of phenols is 3. The average Bonchev–Trinajstić information content (AvgIpc) is 4.07. The van der Waals surface area contributed by atoms with Gasteiger partial charge < -0.3 is 94.3 Å². The fourth-order valence-electron chi connectivity index (χ4n) is 8.81. The van der Waals surface area contributed by atoms with Crippen molar-refractivity contribution in [1.82, 2.24) is 57.8 Å². The van der Waals surface area contributed by atoms with Gasteiger partial charge >= 0.3 is 5.97 Å². The van der Waals surface area contributed by atoms with Crippen LogP contribution in [0.5, 0.6) is 17.2 Å². The summed E-state index contributed by atoms with van der Waals surface area (Å²) < 4.78 is 0. The summed E-state index contributed by atoms with van der Waals surface area (Å²) in [6, 6.07) is 10.3. The first-order valence-corrected chi connectivity index (χ1v) is 29.3. The van der Waals surface area contributed by atoms with Crippen LogP contribution in [-0.2, 0) is 80.0 Å². The Hall–Kier alpha value is -9.62. The highest BCUT2D eigenvalue weighted by Gasteiger charge is 2.37. The van der Waals surface area contributed by atoms with Crippen LogP contribution < -0.4 is 53.6 Å². The third-order valence-corrected chi connectivity index (χ3v) is 14.3. The second-order valence-corrected chi connectivity index (χ2v) is 21.5. The number of carboxylic acid groups (broad SMARTS) is 1. The molecule has 478 valence electrons. The molecule has 0 saturated carbocycles. The predicted molar refractivity (Wildman–Crippen MR) is 321 cm³/mol. The van der Waals surface area contributed by atoms with E-state index in [1.54, 1.807) is 36.6 Å². The smallest absolute Gasteiger partial charge is 0.326 e. The van der Waals surface area contributed by atoms with E-state index in [1.807, 2.05) is 0 Å². The number of nitrogens with two attached hydrogens (primary N) is 1. The Morgan fingerprint density at radius 3 is 1.22 bits per heavy atom. The number of amides is 9. The van der Waals surface area contributed by atoms with E-state index in [2.05, 4.69) is 57.8 Å². The number of carboxylic acids is 1. The largest absolute Gasteiger partial charge is 0.508 e. The number of aromatic nitrogens is 2. The number of benzene rings is 4. The number of carbonyl (C=O) groups is 10. The third-order valence-electron chi connectivity index (χ3n) is 13.7. The van der Waals surface area contributed by atoms with Crippen molar-refractivity contribution in [3.8, 4) is 17.2 Å². The zero-order chi connectivity index (χ0) is 65.2. The molecule has 0 bridgehead atoms. The van der Waals surface area contributed by atoms with Crippen molar-refractivity contribution in [3.63, 3.8) is 0 Å². The van der Waals surface area contributed by atoms with E-state index >= 15 is 0 Å². The number of rotatable bonds is 35. The highest BCUT2D eigenvalue weighted by molar-refractivity contribution is 7.98. The number of aliphatic hydroxyl groups is 3. The van der Waals surface area contributed by atoms with Gasteiger partial charge in [-0.15, -0.1) is 0 Å². The number of phenolic OH excluding ortho intramolecular Hbond substituents is 3. The summed E-state index contributed by atoms with van der Waals surface area (Å²) in [5.74, 6) is -10.6. The lowest BCUT2D eigenvalue weighted by molar-refractivity contribution is -0.142. The van der Waals surface area contributed by atoms with Crippen molar-refractivity contribution in [2.24, 2.45) is 5.73 Å². The molecule has 1 heterocycles. The Morgan fingerprint density at radius 2 is 0.843 bits per heavy atom. The number of aromatic hydroxyl groups is 3. The molecule has 29 nitrogen and oxygen atoms in total. The first kappa shape index (κ1) is 70.1. The summed E-state index contributed by atoms with van der Waals surface area (Å²) in [6.07, 6.45) is 1.50. The van der Waals surface area contributed by atoms with Crippen LogP contribution in [0.25, 0.3) is 0 Å². The quantitative estimate of drug-likeness (QED) is 0.0188. The number of carbonyl (C=O) groups excluding carboxylic acids is 9. The van der Waals surface area contributed by atoms with Gasteiger partial charge in [-0.25, -0.2) is 9.78 Å². The van der Waals surface area contributed by atoms with E-state index in [1.165, 1.54) is 97.1 Å². The zero-order valence-corrected chi connectivity index (χ0v) is 49.3. The maximum absolute atomic E-state index is 14.6. The topological polar surface area (TPSA) is 475 Å². The van der Waals surface area contributed by atoms with Crippen molar-refractivity contribution >= 4 is 70.9 Å². The van der Waals surface area contributed by atoms with Crippen molar-refractivity contribution < 1.29 is 83.7 Å². The molecule has 89 heavy (non-hydrogen) atoms. The van der Waals surface area contributed by atoms with E-state index in [4.69, 9.17) is 5.73 Å². The highest BCUT2D eigenvalue weighted by Crippen LogP contribution is 2.17. The molecule has 0 aliphatic carbocycles. The van der Waals surface area contributed by atoms with Crippen molar-refractivity contribution in [2.45, 2.75) is 106 Å². The molecule has 0 unspecified atom stereocenters. The zero-order valence-electron chi connectivity index (χ0n) is 48.5. The number of nitrogens with zero attached hydrogens (tertiary/aromatic N) is 1. The van der Waals surface area contributed by atoms with Crippen LogP contribution in [0.3, 0.4) is 0 Å². The molecule has 0 saturated heterocycles. The first-order chi connectivity index (χ1) is 42.5. The molecule has 5 rings (SSSR count).